The highest BCUT2D eigenvalue weighted by atomic mass is 19.4. The maximum atomic E-state index is 14.9. The Morgan fingerprint density at radius 2 is 1.71 bits per heavy atom. The lowest BCUT2D eigenvalue weighted by Crippen LogP contribution is -2.06. The van der Waals surface area contributed by atoms with Crippen molar-refractivity contribution >= 4 is 0 Å². The molecule has 3 rings (SSSR count). The van der Waals surface area contributed by atoms with Gasteiger partial charge in [0.05, 0.1) is 5.56 Å². The van der Waals surface area contributed by atoms with Gasteiger partial charge in [0, 0.05) is 23.5 Å². The summed E-state index contributed by atoms with van der Waals surface area (Å²) in [6.45, 7) is 5.69. The molecule has 3 nitrogen and oxygen atoms in total. The first-order valence-electron chi connectivity index (χ1n) is 9.85. The lowest BCUT2D eigenvalue weighted by atomic mass is 10.1. The summed E-state index contributed by atoms with van der Waals surface area (Å²) in [7, 11) is 0. The Labute approximate surface area is 178 Å². The minimum absolute atomic E-state index is 0.0335. The van der Waals surface area contributed by atoms with Crippen molar-refractivity contribution in [1.82, 2.24) is 9.97 Å². The molecule has 0 atom stereocenters. The number of benzene rings is 2. The molecule has 2 aromatic carbocycles. The Morgan fingerprint density at radius 3 is 2.29 bits per heavy atom. The number of hydrogen-bond acceptors (Lipinski definition) is 3. The normalized spacial score (nSPS) is 11.4. The van der Waals surface area contributed by atoms with Gasteiger partial charge in [-0.05, 0) is 48.2 Å². The van der Waals surface area contributed by atoms with Gasteiger partial charge in [-0.2, -0.15) is 13.2 Å². The van der Waals surface area contributed by atoms with Crippen LogP contribution in [0, 0.1) is 5.82 Å². The van der Waals surface area contributed by atoms with Gasteiger partial charge in [0.15, 0.2) is 17.4 Å². The SMILES string of the molecule is C=CCc1cc(-c2ncc(CCC)cn2)cc(F)c1OCc1ccc(C(F)(F)F)cc1. The second kappa shape index (κ2) is 9.73. The Bertz CT molecular complexity index is 1030. The fraction of sp³-hybridized carbons (Fsp3) is 0.250. The van der Waals surface area contributed by atoms with Crippen LogP contribution in [-0.2, 0) is 25.6 Å². The number of aromatic nitrogens is 2. The average molecular weight is 430 g/mol. The fourth-order valence-electron chi connectivity index (χ4n) is 3.12. The molecule has 0 unspecified atom stereocenters. The lowest BCUT2D eigenvalue weighted by Gasteiger charge is -2.14. The Balaban J connectivity index is 1.82. The third-order valence-electron chi connectivity index (χ3n) is 4.65. The van der Waals surface area contributed by atoms with Crippen molar-refractivity contribution in [3.63, 3.8) is 0 Å². The summed E-state index contributed by atoms with van der Waals surface area (Å²) >= 11 is 0. The van der Waals surface area contributed by atoms with Crippen molar-refractivity contribution in [1.29, 1.82) is 0 Å². The first-order chi connectivity index (χ1) is 14.8. The molecule has 0 N–H and O–H groups in total. The quantitative estimate of drug-likeness (QED) is 0.300. The highest BCUT2D eigenvalue weighted by Gasteiger charge is 2.29. The molecule has 0 aliphatic heterocycles. The summed E-state index contributed by atoms with van der Waals surface area (Å²) in [6, 6.07) is 7.61. The number of alkyl halides is 3. The molecule has 31 heavy (non-hydrogen) atoms. The minimum Gasteiger partial charge on any atom is -0.486 e. The van der Waals surface area contributed by atoms with E-state index in [1.807, 2.05) is 0 Å². The highest BCUT2D eigenvalue weighted by Crippen LogP contribution is 2.31. The molecule has 1 heterocycles. The molecule has 1 aromatic heterocycles. The summed E-state index contributed by atoms with van der Waals surface area (Å²) in [4.78, 5) is 8.65. The summed E-state index contributed by atoms with van der Waals surface area (Å²) in [5.74, 6) is -0.160. The predicted octanol–water partition coefficient (Wildman–Crippen LogP) is 6.56. The summed E-state index contributed by atoms with van der Waals surface area (Å²) in [6.07, 6.45) is 2.86. The van der Waals surface area contributed by atoms with E-state index < -0.39 is 17.6 Å². The molecule has 162 valence electrons. The number of rotatable bonds is 8. The van der Waals surface area contributed by atoms with E-state index in [0.717, 1.165) is 30.5 Å². The number of nitrogens with zero attached hydrogens (tertiary/aromatic N) is 2. The van der Waals surface area contributed by atoms with Gasteiger partial charge < -0.3 is 4.74 Å². The van der Waals surface area contributed by atoms with Crippen LogP contribution in [0.15, 0.2) is 61.4 Å². The zero-order valence-corrected chi connectivity index (χ0v) is 17.0. The van der Waals surface area contributed by atoms with E-state index in [0.29, 0.717) is 28.9 Å². The van der Waals surface area contributed by atoms with E-state index in [1.54, 1.807) is 24.5 Å². The van der Waals surface area contributed by atoms with Crippen molar-refractivity contribution in [3.05, 3.63) is 89.5 Å². The first kappa shape index (κ1) is 22.5. The van der Waals surface area contributed by atoms with Crippen molar-refractivity contribution in [2.24, 2.45) is 0 Å². The van der Waals surface area contributed by atoms with E-state index in [-0.39, 0.29) is 12.4 Å². The van der Waals surface area contributed by atoms with E-state index in [4.69, 9.17) is 4.74 Å². The van der Waals surface area contributed by atoms with Crippen LogP contribution in [0.1, 0.15) is 35.6 Å². The third kappa shape index (κ3) is 5.69. The zero-order valence-electron chi connectivity index (χ0n) is 17.0. The Morgan fingerprint density at radius 1 is 1.03 bits per heavy atom. The molecular formula is C24H22F4N2O. The van der Waals surface area contributed by atoms with Crippen molar-refractivity contribution in [2.45, 2.75) is 39.0 Å². The van der Waals surface area contributed by atoms with Gasteiger partial charge in [0.25, 0.3) is 0 Å². The standard InChI is InChI=1S/C24H22F4N2O/c1-3-5-17-13-29-23(30-14-17)19-11-18(6-4-2)22(21(25)12-19)31-15-16-7-9-20(10-8-16)24(26,27)28/h4,7-14H,2-3,5-6,15H2,1H3. The van der Waals surface area contributed by atoms with Gasteiger partial charge in [0.2, 0.25) is 0 Å². The summed E-state index contributed by atoms with van der Waals surface area (Å²) in [5, 5.41) is 0. The van der Waals surface area contributed by atoms with Crippen LogP contribution in [0.3, 0.4) is 0 Å². The van der Waals surface area contributed by atoms with Crippen LogP contribution in [0.2, 0.25) is 0 Å². The average Bonchev–Trinajstić information content (AvgIpc) is 2.74. The molecule has 3 aromatic rings. The van der Waals surface area contributed by atoms with Gasteiger partial charge in [-0.3, -0.25) is 0 Å². The van der Waals surface area contributed by atoms with Gasteiger partial charge >= 0.3 is 6.18 Å². The number of halogens is 4. The van der Waals surface area contributed by atoms with E-state index in [9.17, 15) is 17.6 Å². The van der Waals surface area contributed by atoms with Crippen molar-refractivity contribution < 1.29 is 22.3 Å². The van der Waals surface area contributed by atoms with Gasteiger partial charge in [-0.15, -0.1) is 6.58 Å². The van der Waals surface area contributed by atoms with E-state index in [1.165, 1.54) is 18.2 Å². The van der Waals surface area contributed by atoms with Crippen LogP contribution in [-0.4, -0.2) is 9.97 Å². The molecule has 0 aliphatic rings. The fourth-order valence-corrected chi connectivity index (χ4v) is 3.12. The third-order valence-corrected chi connectivity index (χ3v) is 4.65. The highest BCUT2D eigenvalue weighted by molar-refractivity contribution is 5.59. The molecule has 0 fully saturated rings. The molecule has 0 spiro atoms. The zero-order chi connectivity index (χ0) is 22.4. The Hall–Kier alpha value is -3.22. The number of aryl methyl sites for hydroxylation is 1. The molecule has 0 bridgehead atoms. The van der Waals surface area contributed by atoms with E-state index in [2.05, 4.69) is 23.5 Å². The smallest absolute Gasteiger partial charge is 0.416 e. The number of ether oxygens (including phenoxy) is 1. The topological polar surface area (TPSA) is 35.0 Å². The first-order valence-corrected chi connectivity index (χ1v) is 9.85. The molecule has 7 heteroatoms. The van der Waals surface area contributed by atoms with Crippen LogP contribution in [0.25, 0.3) is 11.4 Å². The van der Waals surface area contributed by atoms with Gasteiger partial charge in [-0.25, -0.2) is 14.4 Å². The van der Waals surface area contributed by atoms with Crippen LogP contribution in [0.4, 0.5) is 17.6 Å². The lowest BCUT2D eigenvalue weighted by molar-refractivity contribution is -0.137. The van der Waals surface area contributed by atoms with Crippen LogP contribution >= 0.6 is 0 Å². The molecule has 0 amide bonds. The van der Waals surface area contributed by atoms with Crippen molar-refractivity contribution in [3.8, 4) is 17.1 Å². The van der Waals surface area contributed by atoms with Crippen molar-refractivity contribution in [2.75, 3.05) is 0 Å². The minimum atomic E-state index is -4.41. The maximum Gasteiger partial charge on any atom is 0.416 e. The van der Waals surface area contributed by atoms with Crippen LogP contribution < -0.4 is 4.74 Å². The number of allylic oxidation sites excluding steroid dienone is 1. The Kier molecular flexibility index (Phi) is 7.05. The van der Waals surface area contributed by atoms with Gasteiger partial charge in [0.1, 0.15) is 6.61 Å². The van der Waals surface area contributed by atoms with E-state index >= 15 is 0 Å². The summed E-state index contributed by atoms with van der Waals surface area (Å²) < 4.78 is 58.6. The van der Waals surface area contributed by atoms with Gasteiger partial charge in [-0.1, -0.05) is 31.6 Å². The molecule has 0 aliphatic carbocycles. The second-order valence-electron chi connectivity index (χ2n) is 7.09. The van der Waals surface area contributed by atoms with Crippen LogP contribution in [0.5, 0.6) is 5.75 Å². The monoisotopic (exact) mass is 430 g/mol. The molecule has 0 saturated carbocycles. The largest absolute Gasteiger partial charge is 0.486 e. The molecular weight excluding hydrogens is 408 g/mol. The second-order valence-corrected chi connectivity index (χ2v) is 7.09. The predicted molar refractivity (Wildman–Crippen MR) is 111 cm³/mol. The number of hydrogen-bond donors (Lipinski definition) is 0. The molecule has 0 radical (unpaired) electrons. The summed E-state index contributed by atoms with van der Waals surface area (Å²) in [5.41, 5.74) is 1.83. The molecule has 0 saturated heterocycles. The maximum absolute atomic E-state index is 14.9.